The number of hydrogen-bond acceptors (Lipinski definition) is 6. The number of benzene rings is 2. The summed E-state index contributed by atoms with van der Waals surface area (Å²) in [5, 5.41) is 10.8. The maximum absolute atomic E-state index is 12.8. The van der Waals surface area contributed by atoms with E-state index in [0.29, 0.717) is 38.5 Å². The van der Waals surface area contributed by atoms with E-state index in [1.165, 1.54) is 16.4 Å². The number of amides is 1. The number of carbonyl (C=O) groups excluding carboxylic acids is 1. The van der Waals surface area contributed by atoms with Crippen LogP contribution >= 0.6 is 0 Å². The standard InChI is InChI=1S/C25H31N5O4S/c1-18-24(20(3)30(28-18)22-7-5-4-6-8-22)17-26-19(2)25(31)27-21-9-11-23(12-10-21)35(32,33)29-13-15-34-16-14-29/h4-12,19,26H,13-17H2,1-3H3,(H,27,31)/t19-/m1/s1. The van der Waals surface area contributed by atoms with Crippen molar-refractivity contribution in [3.63, 3.8) is 0 Å². The van der Waals surface area contributed by atoms with Gasteiger partial charge < -0.3 is 15.4 Å². The maximum Gasteiger partial charge on any atom is 0.243 e. The number of morpholine rings is 1. The van der Waals surface area contributed by atoms with Crippen LogP contribution in [0, 0.1) is 13.8 Å². The number of anilines is 1. The number of nitrogens with one attached hydrogen (secondary N) is 2. The van der Waals surface area contributed by atoms with E-state index in [1.54, 1.807) is 19.1 Å². The lowest BCUT2D eigenvalue weighted by Crippen LogP contribution is -2.40. The molecule has 35 heavy (non-hydrogen) atoms. The van der Waals surface area contributed by atoms with Crippen LogP contribution in [0.3, 0.4) is 0 Å². The van der Waals surface area contributed by atoms with Crippen LogP contribution in [-0.2, 0) is 26.1 Å². The third kappa shape index (κ3) is 5.62. The molecule has 1 aliphatic rings. The van der Waals surface area contributed by atoms with E-state index in [-0.39, 0.29) is 10.8 Å². The Bertz CT molecular complexity index is 1270. The Morgan fingerprint density at radius 1 is 1.06 bits per heavy atom. The normalized spacial score (nSPS) is 15.6. The Labute approximate surface area is 206 Å². The molecule has 0 bridgehead atoms. The van der Waals surface area contributed by atoms with Crippen molar-refractivity contribution in [2.45, 2.75) is 38.3 Å². The van der Waals surface area contributed by atoms with Crippen LogP contribution in [0.1, 0.15) is 23.9 Å². The van der Waals surface area contributed by atoms with E-state index in [4.69, 9.17) is 4.74 Å². The number of sulfonamides is 1. The van der Waals surface area contributed by atoms with Gasteiger partial charge in [0.1, 0.15) is 0 Å². The third-order valence-electron chi connectivity index (χ3n) is 6.15. The number of rotatable bonds is 8. The highest BCUT2D eigenvalue weighted by Gasteiger charge is 2.26. The lowest BCUT2D eigenvalue weighted by Gasteiger charge is -2.26. The molecule has 0 spiro atoms. The topological polar surface area (TPSA) is 106 Å². The first-order valence-corrected chi connectivity index (χ1v) is 13.0. The molecule has 0 aliphatic carbocycles. The summed E-state index contributed by atoms with van der Waals surface area (Å²) >= 11 is 0. The monoisotopic (exact) mass is 497 g/mol. The first kappa shape index (κ1) is 25.1. The largest absolute Gasteiger partial charge is 0.379 e. The average Bonchev–Trinajstić information content (AvgIpc) is 3.16. The second-order valence-electron chi connectivity index (χ2n) is 8.53. The molecular weight excluding hydrogens is 466 g/mol. The summed E-state index contributed by atoms with van der Waals surface area (Å²) in [6, 6.07) is 15.7. The minimum Gasteiger partial charge on any atom is -0.379 e. The van der Waals surface area contributed by atoms with Gasteiger partial charge in [-0.05, 0) is 57.2 Å². The second-order valence-corrected chi connectivity index (χ2v) is 10.5. The quantitative estimate of drug-likeness (QED) is 0.496. The average molecular weight is 498 g/mol. The summed E-state index contributed by atoms with van der Waals surface area (Å²) in [4.78, 5) is 12.9. The summed E-state index contributed by atoms with van der Waals surface area (Å²) in [6.07, 6.45) is 0. The smallest absolute Gasteiger partial charge is 0.243 e. The molecule has 2 N–H and O–H groups in total. The van der Waals surface area contributed by atoms with Gasteiger partial charge in [-0.2, -0.15) is 9.40 Å². The molecule has 0 radical (unpaired) electrons. The summed E-state index contributed by atoms with van der Waals surface area (Å²) in [7, 11) is -3.57. The van der Waals surface area contributed by atoms with Crippen molar-refractivity contribution >= 4 is 21.6 Å². The fraction of sp³-hybridized carbons (Fsp3) is 0.360. The Kier molecular flexibility index (Phi) is 7.66. The zero-order valence-electron chi connectivity index (χ0n) is 20.2. The van der Waals surface area contributed by atoms with E-state index in [1.807, 2.05) is 48.9 Å². The van der Waals surface area contributed by atoms with Gasteiger partial charge in [0.2, 0.25) is 15.9 Å². The van der Waals surface area contributed by atoms with Gasteiger partial charge in [0.05, 0.1) is 35.5 Å². The van der Waals surface area contributed by atoms with E-state index < -0.39 is 16.1 Å². The number of ether oxygens (including phenoxy) is 1. The van der Waals surface area contributed by atoms with Gasteiger partial charge >= 0.3 is 0 Å². The Balaban J connectivity index is 1.36. The van der Waals surface area contributed by atoms with Crippen LogP contribution in [0.4, 0.5) is 5.69 Å². The lowest BCUT2D eigenvalue weighted by molar-refractivity contribution is -0.117. The van der Waals surface area contributed by atoms with Crippen molar-refractivity contribution in [3.8, 4) is 5.69 Å². The fourth-order valence-electron chi connectivity index (χ4n) is 4.00. The second kappa shape index (κ2) is 10.7. The highest BCUT2D eigenvalue weighted by Crippen LogP contribution is 2.20. The van der Waals surface area contributed by atoms with Gasteiger partial charge in [0.15, 0.2) is 0 Å². The summed E-state index contributed by atoms with van der Waals surface area (Å²) in [5.41, 5.74) is 4.50. The highest BCUT2D eigenvalue weighted by atomic mass is 32.2. The van der Waals surface area contributed by atoms with Crippen molar-refractivity contribution in [2.75, 3.05) is 31.6 Å². The van der Waals surface area contributed by atoms with E-state index in [9.17, 15) is 13.2 Å². The maximum atomic E-state index is 12.8. The Hall–Kier alpha value is -3.05. The van der Waals surface area contributed by atoms with Crippen molar-refractivity contribution in [1.82, 2.24) is 19.4 Å². The zero-order chi connectivity index (χ0) is 25.0. The van der Waals surface area contributed by atoms with Crippen LogP contribution in [-0.4, -0.2) is 60.8 Å². The first-order valence-electron chi connectivity index (χ1n) is 11.6. The molecule has 3 aromatic rings. The lowest BCUT2D eigenvalue weighted by atomic mass is 10.1. The van der Waals surface area contributed by atoms with E-state index in [0.717, 1.165) is 22.6 Å². The Morgan fingerprint density at radius 2 is 1.71 bits per heavy atom. The van der Waals surface area contributed by atoms with Crippen LogP contribution in [0.15, 0.2) is 59.5 Å². The molecule has 0 unspecified atom stereocenters. The number of aromatic nitrogens is 2. The van der Waals surface area contributed by atoms with Gasteiger partial charge in [0.25, 0.3) is 0 Å². The number of carbonyl (C=O) groups is 1. The van der Waals surface area contributed by atoms with Crippen LogP contribution in [0.2, 0.25) is 0 Å². The fourth-order valence-corrected chi connectivity index (χ4v) is 5.40. The van der Waals surface area contributed by atoms with Crippen LogP contribution in [0.5, 0.6) is 0 Å². The van der Waals surface area contributed by atoms with Gasteiger partial charge in [-0.3, -0.25) is 4.79 Å². The van der Waals surface area contributed by atoms with Gasteiger partial charge in [-0.15, -0.1) is 0 Å². The molecule has 1 fully saturated rings. The van der Waals surface area contributed by atoms with E-state index >= 15 is 0 Å². The van der Waals surface area contributed by atoms with Crippen molar-refractivity contribution in [1.29, 1.82) is 0 Å². The highest BCUT2D eigenvalue weighted by molar-refractivity contribution is 7.89. The number of aryl methyl sites for hydroxylation is 1. The van der Waals surface area contributed by atoms with Crippen molar-refractivity contribution in [2.24, 2.45) is 0 Å². The number of para-hydroxylation sites is 1. The molecule has 10 heteroatoms. The minimum absolute atomic E-state index is 0.199. The molecule has 186 valence electrons. The summed E-state index contributed by atoms with van der Waals surface area (Å²) in [6.45, 7) is 7.73. The van der Waals surface area contributed by atoms with Gasteiger partial charge in [-0.25, -0.2) is 13.1 Å². The number of hydrogen-bond donors (Lipinski definition) is 2. The van der Waals surface area contributed by atoms with Gasteiger partial charge in [-0.1, -0.05) is 18.2 Å². The van der Waals surface area contributed by atoms with Crippen molar-refractivity contribution < 1.29 is 17.9 Å². The SMILES string of the molecule is Cc1nn(-c2ccccc2)c(C)c1CN[C@H](C)C(=O)Nc1ccc(S(=O)(=O)N2CCOCC2)cc1. The summed E-state index contributed by atoms with van der Waals surface area (Å²) in [5.74, 6) is -0.209. The predicted octanol–water partition coefficient (Wildman–Crippen LogP) is 2.63. The van der Waals surface area contributed by atoms with Crippen LogP contribution < -0.4 is 10.6 Å². The molecule has 4 rings (SSSR count). The van der Waals surface area contributed by atoms with Crippen LogP contribution in [0.25, 0.3) is 5.69 Å². The number of nitrogens with zero attached hydrogens (tertiary/aromatic N) is 3. The summed E-state index contributed by atoms with van der Waals surface area (Å²) < 4.78 is 34.1. The molecule has 9 nitrogen and oxygen atoms in total. The molecule has 1 aromatic heterocycles. The molecule has 1 atom stereocenters. The molecular formula is C25H31N5O4S. The molecule has 1 aliphatic heterocycles. The molecule has 1 saturated heterocycles. The Morgan fingerprint density at radius 3 is 2.37 bits per heavy atom. The molecule has 2 aromatic carbocycles. The zero-order valence-corrected chi connectivity index (χ0v) is 21.0. The third-order valence-corrected chi connectivity index (χ3v) is 8.06. The van der Waals surface area contributed by atoms with Gasteiger partial charge in [0, 0.05) is 36.6 Å². The first-order chi connectivity index (χ1) is 16.8. The van der Waals surface area contributed by atoms with Crippen molar-refractivity contribution in [3.05, 3.63) is 71.5 Å². The predicted molar refractivity (Wildman–Crippen MR) is 134 cm³/mol. The van der Waals surface area contributed by atoms with E-state index in [2.05, 4.69) is 15.7 Å². The minimum atomic E-state index is -3.57. The molecule has 2 heterocycles. The molecule has 0 saturated carbocycles. The molecule has 1 amide bonds.